The Kier molecular flexibility index (Phi) is 5.58. The molecule has 0 aliphatic carbocycles. The van der Waals surface area contributed by atoms with Crippen LogP contribution in [0, 0.1) is 0 Å². The molecule has 2 N–H and O–H groups in total. The minimum absolute atomic E-state index is 0.725. The number of benzene rings is 2. The monoisotopic (exact) mass is 336 g/mol. The number of allylic oxidation sites excluding steroid dienone is 1. The minimum Gasteiger partial charge on any atom is -0.388 e. The number of para-hydroxylation sites is 1. The second-order valence-electron chi connectivity index (χ2n) is 5.44. The molecule has 0 atom stereocenters. The van der Waals surface area contributed by atoms with Crippen molar-refractivity contribution in [1.29, 1.82) is 0 Å². The first-order valence-corrected chi connectivity index (χ1v) is 8.69. The Morgan fingerprint density at radius 1 is 1.04 bits per heavy atom. The van der Waals surface area contributed by atoms with E-state index in [4.69, 9.17) is 0 Å². The second kappa shape index (κ2) is 8.26. The Hall–Kier alpha value is -2.66. The van der Waals surface area contributed by atoms with E-state index >= 15 is 0 Å². The highest BCUT2D eigenvalue weighted by atomic mass is 32.1. The summed E-state index contributed by atoms with van der Waals surface area (Å²) in [5, 5.41) is 7.46. The van der Waals surface area contributed by atoms with Crippen molar-refractivity contribution in [3.05, 3.63) is 77.7 Å². The van der Waals surface area contributed by atoms with Gasteiger partial charge in [-0.2, -0.15) is 9.36 Å². The molecule has 1 heterocycles. The fourth-order valence-corrected chi connectivity index (χ4v) is 2.85. The fourth-order valence-electron chi connectivity index (χ4n) is 2.28. The van der Waals surface area contributed by atoms with Gasteiger partial charge in [-0.25, -0.2) is 0 Å². The van der Waals surface area contributed by atoms with Gasteiger partial charge < -0.3 is 10.6 Å². The average Bonchev–Trinajstić information content (AvgIpc) is 3.03. The largest absolute Gasteiger partial charge is 0.388 e. The van der Waals surface area contributed by atoms with Gasteiger partial charge in [0.1, 0.15) is 0 Å². The minimum atomic E-state index is 0.725. The molecule has 2 aromatic carbocycles. The number of hydrogen-bond donors (Lipinski definition) is 2. The van der Waals surface area contributed by atoms with Crippen LogP contribution < -0.4 is 10.6 Å². The smallest absolute Gasteiger partial charge is 0.207 e. The maximum atomic E-state index is 4.49. The Morgan fingerprint density at radius 3 is 2.50 bits per heavy atom. The molecule has 1 aromatic heterocycles. The number of hydrogen-bond acceptors (Lipinski definition) is 5. The molecule has 0 aliphatic rings. The van der Waals surface area contributed by atoms with Crippen LogP contribution in [0.1, 0.15) is 18.3 Å². The van der Waals surface area contributed by atoms with Crippen LogP contribution in [0.4, 0.5) is 10.8 Å². The standard InChI is InChI=1S/C19H20N4S/c1-15(20-13-12-16-8-4-2-5-9-16)14-18-22-19(24-23-18)21-17-10-6-3-7-11-17/h2-11,14,20H,12-13H2,1H3,(H,21,22,23). The van der Waals surface area contributed by atoms with Crippen molar-refractivity contribution in [3.8, 4) is 0 Å². The summed E-state index contributed by atoms with van der Waals surface area (Å²) in [4.78, 5) is 4.49. The molecule has 3 rings (SSSR count). The molecule has 0 radical (unpaired) electrons. The first kappa shape index (κ1) is 16.2. The summed E-state index contributed by atoms with van der Waals surface area (Å²) in [6, 6.07) is 20.4. The molecule has 0 bridgehead atoms. The molecule has 4 nitrogen and oxygen atoms in total. The van der Waals surface area contributed by atoms with Crippen molar-refractivity contribution < 1.29 is 0 Å². The van der Waals surface area contributed by atoms with Gasteiger partial charge in [0.15, 0.2) is 5.82 Å². The summed E-state index contributed by atoms with van der Waals surface area (Å²) in [5.41, 5.74) is 3.41. The van der Waals surface area contributed by atoms with Crippen LogP contribution in [0.5, 0.6) is 0 Å². The molecule has 0 aliphatic heterocycles. The van der Waals surface area contributed by atoms with E-state index in [1.54, 1.807) is 0 Å². The van der Waals surface area contributed by atoms with Crippen LogP contribution in [-0.4, -0.2) is 15.9 Å². The normalized spacial score (nSPS) is 11.3. The van der Waals surface area contributed by atoms with Crippen molar-refractivity contribution in [2.24, 2.45) is 0 Å². The summed E-state index contributed by atoms with van der Waals surface area (Å²) in [7, 11) is 0. The number of rotatable bonds is 7. The summed E-state index contributed by atoms with van der Waals surface area (Å²) >= 11 is 1.36. The van der Waals surface area contributed by atoms with Crippen LogP contribution in [0.25, 0.3) is 6.08 Å². The molecule has 0 saturated heterocycles. The maximum Gasteiger partial charge on any atom is 0.207 e. The average molecular weight is 336 g/mol. The van der Waals surface area contributed by atoms with E-state index < -0.39 is 0 Å². The molecular weight excluding hydrogens is 316 g/mol. The second-order valence-corrected chi connectivity index (χ2v) is 6.19. The van der Waals surface area contributed by atoms with E-state index in [2.05, 4.69) is 44.3 Å². The topological polar surface area (TPSA) is 49.8 Å². The first-order chi connectivity index (χ1) is 11.8. The summed E-state index contributed by atoms with van der Waals surface area (Å²) in [6.07, 6.45) is 2.97. The van der Waals surface area contributed by atoms with Gasteiger partial charge in [-0.05, 0) is 31.0 Å². The number of nitrogens with zero attached hydrogens (tertiary/aromatic N) is 2. The van der Waals surface area contributed by atoms with Crippen LogP contribution in [0.15, 0.2) is 66.4 Å². The zero-order chi connectivity index (χ0) is 16.6. The van der Waals surface area contributed by atoms with Crippen LogP contribution in [-0.2, 0) is 6.42 Å². The molecule has 0 unspecified atom stereocenters. The lowest BCUT2D eigenvalue weighted by atomic mass is 10.1. The lowest BCUT2D eigenvalue weighted by molar-refractivity contribution is 0.792. The Morgan fingerprint density at radius 2 is 1.75 bits per heavy atom. The molecule has 0 spiro atoms. The van der Waals surface area contributed by atoms with Gasteiger partial charge in [-0.3, -0.25) is 0 Å². The molecule has 24 heavy (non-hydrogen) atoms. The van der Waals surface area contributed by atoms with E-state index in [1.807, 2.05) is 49.4 Å². The van der Waals surface area contributed by atoms with E-state index in [9.17, 15) is 0 Å². The molecule has 0 saturated carbocycles. The highest BCUT2D eigenvalue weighted by molar-refractivity contribution is 7.09. The maximum absolute atomic E-state index is 4.49. The van der Waals surface area contributed by atoms with Crippen molar-refractivity contribution >= 4 is 28.4 Å². The molecule has 3 aromatic rings. The van der Waals surface area contributed by atoms with Gasteiger partial charge in [0.25, 0.3) is 0 Å². The fraction of sp³-hybridized carbons (Fsp3) is 0.158. The van der Waals surface area contributed by atoms with E-state index in [0.717, 1.165) is 35.3 Å². The first-order valence-electron chi connectivity index (χ1n) is 7.91. The van der Waals surface area contributed by atoms with E-state index in [1.165, 1.54) is 17.1 Å². The highest BCUT2D eigenvalue weighted by Crippen LogP contribution is 2.18. The lowest BCUT2D eigenvalue weighted by Crippen LogP contribution is -2.14. The predicted octanol–water partition coefficient (Wildman–Crippen LogP) is 4.47. The van der Waals surface area contributed by atoms with Gasteiger partial charge in [-0.15, -0.1) is 0 Å². The Bertz CT molecular complexity index is 781. The third-order valence-electron chi connectivity index (χ3n) is 3.47. The van der Waals surface area contributed by atoms with Crippen molar-refractivity contribution in [2.45, 2.75) is 13.3 Å². The van der Waals surface area contributed by atoms with Crippen molar-refractivity contribution in [2.75, 3.05) is 11.9 Å². The van der Waals surface area contributed by atoms with Crippen LogP contribution >= 0.6 is 11.5 Å². The van der Waals surface area contributed by atoms with Gasteiger partial charge in [0.2, 0.25) is 5.13 Å². The highest BCUT2D eigenvalue weighted by Gasteiger charge is 2.02. The van der Waals surface area contributed by atoms with Gasteiger partial charge in [0.05, 0.1) is 0 Å². The third-order valence-corrected chi connectivity index (χ3v) is 4.12. The zero-order valence-electron chi connectivity index (χ0n) is 13.6. The molecule has 122 valence electrons. The summed E-state index contributed by atoms with van der Waals surface area (Å²) in [5.74, 6) is 0.725. The number of aromatic nitrogens is 2. The third kappa shape index (κ3) is 4.93. The van der Waals surface area contributed by atoms with Crippen molar-refractivity contribution in [1.82, 2.24) is 14.7 Å². The lowest BCUT2D eigenvalue weighted by Gasteiger charge is -2.05. The molecule has 0 amide bonds. The van der Waals surface area contributed by atoms with Crippen molar-refractivity contribution in [3.63, 3.8) is 0 Å². The van der Waals surface area contributed by atoms with Crippen LogP contribution in [0.3, 0.4) is 0 Å². The summed E-state index contributed by atoms with van der Waals surface area (Å²) < 4.78 is 4.37. The SMILES string of the molecule is CC(=Cc1nsc(Nc2ccccc2)n1)NCCc1ccccc1. The quantitative estimate of drug-likeness (QED) is 0.668. The molecule has 0 fully saturated rings. The molecule has 5 heteroatoms. The van der Waals surface area contributed by atoms with Crippen LogP contribution in [0.2, 0.25) is 0 Å². The zero-order valence-corrected chi connectivity index (χ0v) is 14.4. The Balaban J connectivity index is 1.52. The van der Waals surface area contributed by atoms with Gasteiger partial charge >= 0.3 is 0 Å². The van der Waals surface area contributed by atoms with Gasteiger partial charge in [-0.1, -0.05) is 48.5 Å². The van der Waals surface area contributed by atoms with Gasteiger partial charge in [0, 0.05) is 35.5 Å². The number of nitrogens with one attached hydrogen (secondary N) is 2. The summed E-state index contributed by atoms with van der Waals surface area (Å²) in [6.45, 7) is 2.93. The molecular formula is C19H20N4S. The van der Waals surface area contributed by atoms with E-state index in [-0.39, 0.29) is 0 Å². The van der Waals surface area contributed by atoms with E-state index in [0.29, 0.717) is 0 Å². The predicted molar refractivity (Wildman–Crippen MR) is 101 cm³/mol. The number of anilines is 2. The Labute approximate surface area is 146 Å².